The molecule has 0 fully saturated rings. The van der Waals surface area contributed by atoms with Gasteiger partial charge in [-0.15, -0.1) is 0 Å². The molecular weight excluding hydrogens is 214 g/mol. The summed E-state index contributed by atoms with van der Waals surface area (Å²) in [6.07, 6.45) is 1.60. The number of hydrazone groups is 1. The highest BCUT2D eigenvalue weighted by Crippen LogP contribution is 2.15. The van der Waals surface area contributed by atoms with E-state index in [0.717, 1.165) is 10.9 Å². The molecule has 0 aliphatic carbocycles. The number of anilines is 1. The molecule has 0 radical (unpaired) electrons. The Morgan fingerprint density at radius 3 is 2.76 bits per heavy atom. The molecule has 0 saturated carbocycles. The first-order chi connectivity index (χ1) is 8.33. The van der Waals surface area contributed by atoms with Gasteiger partial charge in [0.05, 0.1) is 17.4 Å². The minimum atomic E-state index is -0.224. The fraction of sp³-hybridized carbons (Fsp3) is 0. The van der Waals surface area contributed by atoms with E-state index in [1.54, 1.807) is 18.3 Å². The van der Waals surface area contributed by atoms with Crippen LogP contribution in [0.1, 0.15) is 0 Å². The Morgan fingerprint density at radius 1 is 1.24 bits per heavy atom. The number of nitrogens with zero attached hydrogens (tertiary/aromatic N) is 4. The maximum atomic E-state index is 8.52. The van der Waals surface area contributed by atoms with Crippen LogP contribution in [0.25, 0.3) is 10.9 Å². The summed E-state index contributed by atoms with van der Waals surface area (Å²) in [4.78, 5) is 4.21. The monoisotopic (exact) mass is 221 g/mol. The van der Waals surface area contributed by atoms with Crippen molar-refractivity contribution in [3.63, 3.8) is 0 Å². The number of rotatable bonds is 2. The van der Waals surface area contributed by atoms with Gasteiger partial charge in [0.15, 0.2) is 0 Å². The first kappa shape index (κ1) is 10.6. The summed E-state index contributed by atoms with van der Waals surface area (Å²) < 4.78 is 0. The van der Waals surface area contributed by atoms with E-state index in [0.29, 0.717) is 5.69 Å². The van der Waals surface area contributed by atoms with Crippen LogP contribution in [0.3, 0.4) is 0 Å². The zero-order valence-electron chi connectivity index (χ0n) is 8.75. The molecule has 5 heteroatoms. The summed E-state index contributed by atoms with van der Waals surface area (Å²) in [5, 5.41) is 21.6. The summed E-state index contributed by atoms with van der Waals surface area (Å²) in [5.74, 6) is 0. The minimum absolute atomic E-state index is 0.224. The Balaban J connectivity index is 2.30. The van der Waals surface area contributed by atoms with Crippen LogP contribution in [-0.2, 0) is 0 Å². The predicted molar refractivity (Wildman–Crippen MR) is 64.0 cm³/mol. The third-order valence-corrected chi connectivity index (χ3v) is 2.10. The number of aromatic nitrogens is 1. The van der Waals surface area contributed by atoms with Crippen molar-refractivity contribution in [1.82, 2.24) is 4.98 Å². The summed E-state index contributed by atoms with van der Waals surface area (Å²) in [6.45, 7) is 0. The first-order valence-corrected chi connectivity index (χ1v) is 4.82. The summed E-state index contributed by atoms with van der Waals surface area (Å²) in [6, 6.07) is 12.8. The highest BCUT2D eigenvalue weighted by Gasteiger charge is 1.97. The molecule has 0 atom stereocenters. The molecular formula is C12H7N5. The highest BCUT2D eigenvalue weighted by atomic mass is 15.3. The third kappa shape index (κ3) is 2.36. The number of para-hydroxylation sites is 1. The Morgan fingerprint density at radius 2 is 2.00 bits per heavy atom. The first-order valence-electron chi connectivity index (χ1n) is 4.82. The van der Waals surface area contributed by atoms with Crippen molar-refractivity contribution in [3.05, 3.63) is 36.5 Å². The Kier molecular flexibility index (Phi) is 2.95. The third-order valence-electron chi connectivity index (χ3n) is 2.10. The van der Waals surface area contributed by atoms with Gasteiger partial charge in [-0.3, -0.25) is 10.4 Å². The van der Waals surface area contributed by atoms with Gasteiger partial charge < -0.3 is 0 Å². The van der Waals surface area contributed by atoms with Gasteiger partial charge >= 0.3 is 0 Å². The second-order valence-corrected chi connectivity index (χ2v) is 3.21. The van der Waals surface area contributed by atoms with E-state index in [4.69, 9.17) is 10.5 Å². The number of hydrogen-bond acceptors (Lipinski definition) is 5. The maximum Gasteiger partial charge on any atom is 0.237 e. The molecule has 0 amide bonds. The molecule has 80 valence electrons. The van der Waals surface area contributed by atoms with Crippen molar-refractivity contribution in [2.45, 2.75) is 0 Å². The molecule has 0 aliphatic heterocycles. The molecule has 1 N–H and O–H groups in total. The van der Waals surface area contributed by atoms with Gasteiger partial charge in [-0.1, -0.05) is 18.2 Å². The summed E-state index contributed by atoms with van der Waals surface area (Å²) >= 11 is 0. The van der Waals surface area contributed by atoms with Crippen LogP contribution < -0.4 is 5.43 Å². The number of benzene rings is 1. The molecule has 2 aromatic rings. The molecule has 2 rings (SSSR count). The van der Waals surface area contributed by atoms with Crippen LogP contribution >= 0.6 is 0 Å². The molecule has 5 nitrogen and oxygen atoms in total. The number of nitriles is 2. The fourth-order valence-corrected chi connectivity index (χ4v) is 1.33. The van der Waals surface area contributed by atoms with Gasteiger partial charge in [0.25, 0.3) is 0 Å². The molecule has 17 heavy (non-hydrogen) atoms. The fourth-order valence-electron chi connectivity index (χ4n) is 1.33. The average molecular weight is 221 g/mol. The quantitative estimate of drug-likeness (QED) is 0.621. The molecule has 0 aliphatic rings. The Hall–Kier alpha value is -2.92. The van der Waals surface area contributed by atoms with Crippen molar-refractivity contribution in [1.29, 1.82) is 10.5 Å². The van der Waals surface area contributed by atoms with E-state index in [2.05, 4.69) is 15.5 Å². The predicted octanol–water partition coefficient (Wildman–Crippen LogP) is 2.05. The van der Waals surface area contributed by atoms with Crippen molar-refractivity contribution in [2.24, 2.45) is 5.10 Å². The van der Waals surface area contributed by atoms with E-state index >= 15 is 0 Å². The largest absolute Gasteiger partial charge is 0.275 e. The van der Waals surface area contributed by atoms with Gasteiger partial charge in [-0.05, 0) is 12.1 Å². The van der Waals surface area contributed by atoms with Crippen LogP contribution in [0.2, 0.25) is 0 Å². The molecule has 1 aromatic heterocycles. The van der Waals surface area contributed by atoms with Crippen LogP contribution in [-0.4, -0.2) is 10.7 Å². The number of nitrogens with one attached hydrogen (secondary N) is 1. The lowest BCUT2D eigenvalue weighted by molar-refractivity contribution is 1.30. The summed E-state index contributed by atoms with van der Waals surface area (Å²) in [7, 11) is 0. The molecule has 0 unspecified atom stereocenters. The zero-order chi connectivity index (χ0) is 12.1. The minimum Gasteiger partial charge on any atom is -0.275 e. The van der Waals surface area contributed by atoms with Crippen LogP contribution in [0.15, 0.2) is 41.6 Å². The van der Waals surface area contributed by atoms with Crippen molar-refractivity contribution in [3.8, 4) is 12.1 Å². The molecule has 1 aromatic carbocycles. The summed E-state index contributed by atoms with van der Waals surface area (Å²) in [5.41, 5.74) is 3.90. The standard InChI is InChI=1S/C12H7N5/c13-6-11(7-14)17-16-10-5-9-3-1-2-4-12(9)15-8-10/h1-5,8,16H. The number of pyridine rings is 1. The van der Waals surface area contributed by atoms with E-state index in [-0.39, 0.29) is 5.71 Å². The SMILES string of the molecule is N#CC(C#N)=NNc1cnc2ccccc2c1. The van der Waals surface area contributed by atoms with Gasteiger partial charge in [0.1, 0.15) is 12.1 Å². The normalized spacial score (nSPS) is 9.06. The lowest BCUT2D eigenvalue weighted by atomic mass is 10.2. The van der Waals surface area contributed by atoms with Gasteiger partial charge in [-0.25, -0.2) is 0 Å². The number of hydrogen-bond donors (Lipinski definition) is 1. The average Bonchev–Trinajstić information content (AvgIpc) is 2.40. The second-order valence-electron chi connectivity index (χ2n) is 3.21. The van der Waals surface area contributed by atoms with E-state index in [1.807, 2.05) is 30.3 Å². The van der Waals surface area contributed by atoms with Crippen LogP contribution in [0.5, 0.6) is 0 Å². The zero-order valence-corrected chi connectivity index (χ0v) is 8.75. The Bertz CT molecular complexity index is 644. The smallest absolute Gasteiger partial charge is 0.237 e. The lowest BCUT2D eigenvalue weighted by Gasteiger charge is -2.01. The second kappa shape index (κ2) is 4.73. The Labute approximate surface area is 97.6 Å². The highest BCUT2D eigenvalue weighted by molar-refractivity contribution is 6.10. The van der Waals surface area contributed by atoms with E-state index in [1.165, 1.54) is 0 Å². The molecule has 0 saturated heterocycles. The topological polar surface area (TPSA) is 84.9 Å². The van der Waals surface area contributed by atoms with Crippen molar-refractivity contribution < 1.29 is 0 Å². The van der Waals surface area contributed by atoms with Crippen molar-refractivity contribution in [2.75, 3.05) is 5.43 Å². The van der Waals surface area contributed by atoms with Gasteiger partial charge in [-0.2, -0.15) is 15.6 Å². The van der Waals surface area contributed by atoms with E-state index < -0.39 is 0 Å². The van der Waals surface area contributed by atoms with E-state index in [9.17, 15) is 0 Å². The molecule has 1 heterocycles. The van der Waals surface area contributed by atoms with Crippen LogP contribution in [0.4, 0.5) is 5.69 Å². The lowest BCUT2D eigenvalue weighted by Crippen LogP contribution is -1.96. The number of fused-ring (bicyclic) bond motifs is 1. The van der Waals surface area contributed by atoms with Gasteiger partial charge in [0.2, 0.25) is 5.71 Å². The maximum absolute atomic E-state index is 8.52. The molecule has 0 spiro atoms. The molecule has 0 bridgehead atoms. The van der Waals surface area contributed by atoms with Crippen LogP contribution in [0, 0.1) is 22.7 Å². The van der Waals surface area contributed by atoms with Gasteiger partial charge in [0, 0.05) is 5.39 Å². The van der Waals surface area contributed by atoms with Crippen molar-refractivity contribution >= 4 is 22.3 Å².